The van der Waals surface area contributed by atoms with E-state index in [9.17, 15) is 9.59 Å². The summed E-state index contributed by atoms with van der Waals surface area (Å²) in [6.07, 6.45) is -1.64. The number of carbonyl (C=O) groups is 2. The average molecular weight is 301 g/mol. The van der Waals surface area contributed by atoms with Gasteiger partial charge in [-0.25, -0.2) is 9.59 Å². The standard InChI is InChI=1S/C16H15NO5/c1-11(15(18)19)21-13-8-5-9-14(10-13)22-16(20)17-12-6-3-2-4-7-12/h2-11H,1H3,(H,17,20)(H,18,19). The Kier molecular flexibility index (Phi) is 4.98. The van der Waals surface area contributed by atoms with E-state index in [0.717, 1.165) is 0 Å². The summed E-state index contributed by atoms with van der Waals surface area (Å²) in [4.78, 5) is 22.5. The Morgan fingerprint density at radius 2 is 1.73 bits per heavy atom. The molecular formula is C16H15NO5. The van der Waals surface area contributed by atoms with Gasteiger partial charge in [-0.05, 0) is 31.2 Å². The lowest BCUT2D eigenvalue weighted by molar-refractivity contribution is -0.144. The normalized spacial score (nSPS) is 11.3. The van der Waals surface area contributed by atoms with Crippen LogP contribution in [0.1, 0.15) is 6.92 Å². The van der Waals surface area contributed by atoms with E-state index in [1.54, 1.807) is 42.5 Å². The summed E-state index contributed by atoms with van der Waals surface area (Å²) in [7, 11) is 0. The van der Waals surface area contributed by atoms with Crippen LogP contribution in [0.5, 0.6) is 11.5 Å². The summed E-state index contributed by atoms with van der Waals surface area (Å²) in [6.45, 7) is 1.41. The summed E-state index contributed by atoms with van der Waals surface area (Å²) < 4.78 is 10.3. The van der Waals surface area contributed by atoms with Crippen molar-refractivity contribution in [3.8, 4) is 11.5 Å². The van der Waals surface area contributed by atoms with Gasteiger partial charge in [0.1, 0.15) is 11.5 Å². The van der Waals surface area contributed by atoms with E-state index in [1.165, 1.54) is 13.0 Å². The molecule has 0 aliphatic heterocycles. The second-order valence-electron chi connectivity index (χ2n) is 4.45. The third kappa shape index (κ3) is 4.52. The molecule has 0 fully saturated rings. The molecule has 0 aromatic heterocycles. The van der Waals surface area contributed by atoms with Crippen LogP contribution in [0.25, 0.3) is 0 Å². The Balaban J connectivity index is 1.98. The number of hydrogen-bond donors (Lipinski definition) is 2. The molecule has 2 N–H and O–H groups in total. The van der Waals surface area contributed by atoms with Crippen molar-refractivity contribution in [2.75, 3.05) is 5.32 Å². The number of amides is 1. The van der Waals surface area contributed by atoms with Gasteiger partial charge in [0, 0.05) is 11.8 Å². The van der Waals surface area contributed by atoms with Gasteiger partial charge in [-0.3, -0.25) is 5.32 Å². The van der Waals surface area contributed by atoms with Gasteiger partial charge >= 0.3 is 12.1 Å². The van der Waals surface area contributed by atoms with Crippen molar-refractivity contribution >= 4 is 17.7 Å². The molecule has 2 rings (SSSR count). The van der Waals surface area contributed by atoms with Crippen molar-refractivity contribution in [1.82, 2.24) is 0 Å². The van der Waals surface area contributed by atoms with Crippen molar-refractivity contribution in [3.63, 3.8) is 0 Å². The van der Waals surface area contributed by atoms with Gasteiger partial charge in [0.25, 0.3) is 0 Å². The number of para-hydroxylation sites is 1. The first-order valence-electron chi connectivity index (χ1n) is 6.58. The summed E-state index contributed by atoms with van der Waals surface area (Å²) in [5, 5.41) is 11.4. The highest BCUT2D eigenvalue weighted by Gasteiger charge is 2.13. The summed E-state index contributed by atoms with van der Waals surface area (Å²) in [5.41, 5.74) is 0.611. The first kappa shape index (κ1) is 15.4. The lowest BCUT2D eigenvalue weighted by Crippen LogP contribution is -2.23. The van der Waals surface area contributed by atoms with Crippen LogP contribution in [-0.2, 0) is 4.79 Å². The molecule has 0 saturated carbocycles. The van der Waals surface area contributed by atoms with Crippen LogP contribution in [-0.4, -0.2) is 23.3 Å². The summed E-state index contributed by atoms with van der Waals surface area (Å²) in [5.74, 6) is -0.517. The van der Waals surface area contributed by atoms with Crippen molar-refractivity contribution in [1.29, 1.82) is 0 Å². The van der Waals surface area contributed by atoms with Crippen molar-refractivity contribution in [2.45, 2.75) is 13.0 Å². The molecule has 0 radical (unpaired) electrons. The SMILES string of the molecule is CC(Oc1cccc(OC(=O)Nc2ccccc2)c1)C(=O)O. The number of rotatable bonds is 5. The molecule has 2 aromatic carbocycles. The quantitative estimate of drug-likeness (QED) is 0.886. The van der Waals surface area contributed by atoms with Gasteiger partial charge in [-0.15, -0.1) is 0 Å². The molecule has 0 saturated heterocycles. The van der Waals surface area contributed by atoms with Crippen LogP contribution in [0.4, 0.5) is 10.5 Å². The first-order valence-corrected chi connectivity index (χ1v) is 6.58. The van der Waals surface area contributed by atoms with Crippen molar-refractivity contribution < 1.29 is 24.2 Å². The average Bonchev–Trinajstić information content (AvgIpc) is 2.48. The Bertz CT molecular complexity index is 657. The number of nitrogens with one attached hydrogen (secondary N) is 1. The molecule has 1 unspecified atom stereocenters. The van der Waals surface area contributed by atoms with E-state index in [2.05, 4.69) is 5.32 Å². The number of carboxylic acids is 1. The molecule has 0 heterocycles. The highest BCUT2D eigenvalue weighted by atomic mass is 16.6. The zero-order valence-corrected chi connectivity index (χ0v) is 11.9. The number of anilines is 1. The maximum atomic E-state index is 11.8. The van der Waals surface area contributed by atoms with E-state index < -0.39 is 18.2 Å². The molecule has 6 nitrogen and oxygen atoms in total. The van der Waals surface area contributed by atoms with E-state index >= 15 is 0 Å². The molecular weight excluding hydrogens is 286 g/mol. The van der Waals surface area contributed by atoms with Crippen LogP contribution in [0, 0.1) is 0 Å². The van der Waals surface area contributed by atoms with Crippen LogP contribution in [0.15, 0.2) is 54.6 Å². The maximum Gasteiger partial charge on any atom is 0.417 e. The minimum atomic E-state index is -1.08. The van der Waals surface area contributed by atoms with Gasteiger partial charge in [0.05, 0.1) is 0 Å². The zero-order valence-electron chi connectivity index (χ0n) is 11.9. The highest BCUT2D eigenvalue weighted by Crippen LogP contribution is 2.21. The maximum absolute atomic E-state index is 11.8. The van der Waals surface area contributed by atoms with Crippen LogP contribution in [0.2, 0.25) is 0 Å². The van der Waals surface area contributed by atoms with Crippen LogP contribution >= 0.6 is 0 Å². The number of carbonyl (C=O) groups excluding carboxylic acids is 1. The Morgan fingerprint density at radius 1 is 1.05 bits per heavy atom. The number of benzene rings is 2. The number of hydrogen-bond acceptors (Lipinski definition) is 4. The minimum absolute atomic E-state index is 0.253. The molecule has 0 bridgehead atoms. The first-order chi connectivity index (χ1) is 10.5. The minimum Gasteiger partial charge on any atom is -0.479 e. The smallest absolute Gasteiger partial charge is 0.417 e. The zero-order chi connectivity index (χ0) is 15.9. The van der Waals surface area contributed by atoms with Crippen molar-refractivity contribution in [2.24, 2.45) is 0 Å². The van der Waals surface area contributed by atoms with E-state index in [1.807, 2.05) is 6.07 Å². The topological polar surface area (TPSA) is 84.9 Å². The molecule has 0 spiro atoms. The number of ether oxygens (including phenoxy) is 2. The molecule has 0 aliphatic rings. The molecule has 1 amide bonds. The third-order valence-electron chi connectivity index (χ3n) is 2.70. The largest absolute Gasteiger partial charge is 0.479 e. The van der Waals surface area contributed by atoms with E-state index in [-0.39, 0.29) is 5.75 Å². The van der Waals surface area contributed by atoms with Crippen LogP contribution in [0.3, 0.4) is 0 Å². The summed E-state index contributed by atoms with van der Waals surface area (Å²) in [6, 6.07) is 15.1. The van der Waals surface area contributed by atoms with Gasteiger partial charge in [-0.1, -0.05) is 24.3 Å². The molecule has 2 aromatic rings. The lowest BCUT2D eigenvalue weighted by Gasteiger charge is -2.11. The molecule has 6 heteroatoms. The predicted molar refractivity (Wildman–Crippen MR) is 80.3 cm³/mol. The van der Waals surface area contributed by atoms with Gasteiger partial charge in [0.2, 0.25) is 0 Å². The fraction of sp³-hybridized carbons (Fsp3) is 0.125. The molecule has 1 atom stereocenters. The fourth-order valence-electron chi connectivity index (χ4n) is 1.64. The fourth-order valence-corrected chi connectivity index (χ4v) is 1.64. The third-order valence-corrected chi connectivity index (χ3v) is 2.70. The second kappa shape index (κ2) is 7.12. The Morgan fingerprint density at radius 3 is 2.41 bits per heavy atom. The Hall–Kier alpha value is -3.02. The Labute approximate surface area is 127 Å². The monoisotopic (exact) mass is 301 g/mol. The van der Waals surface area contributed by atoms with E-state index in [0.29, 0.717) is 11.4 Å². The number of carboxylic acid groups (broad SMARTS) is 1. The molecule has 22 heavy (non-hydrogen) atoms. The summed E-state index contributed by atoms with van der Waals surface area (Å²) >= 11 is 0. The molecule has 0 aliphatic carbocycles. The van der Waals surface area contributed by atoms with Gasteiger partial charge in [-0.2, -0.15) is 0 Å². The van der Waals surface area contributed by atoms with E-state index in [4.69, 9.17) is 14.6 Å². The number of aliphatic carboxylic acids is 1. The van der Waals surface area contributed by atoms with Gasteiger partial charge < -0.3 is 14.6 Å². The van der Waals surface area contributed by atoms with Crippen molar-refractivity contribution in [3.05, 3.63) is 54.6 Å². The highest BCUT2D eigenvalue weighted by molar-refractivity contribution is 5.86. The van der Waals surface area contributed by atoms with Gasteiger partial charge in [0.15, 0.2) is 6.10 Å². The van der Waals surface area contributed by atoms with Crippen LogP contribution < -0.4 is 14.8 Å². The lowest BCUT2D eigenvalue weighted by atomic mass is 10.3. The predicted octanol–water partition coefficient (Wildman–Crippen LogP) is 3.15. The second-order valence-corrected chi connectivity index (χ2v) is 4.45. The molecule has 114 valence electrons.